The van der Waals surface area contributed by atoms with E-state index in [4.69, 9.17) is 11.6 Å². The molecule has 2 aromatic carbocycles. The summed E-state index contributed by atoms with van der Waals surface area (Å²) in [6, 6.07) is 12.5. The van der Waals surface area contributed by atoms with Crippen LogP contribution in [-0.4, -0.2) is 23.1 Å². The molecule has 1 aliphatic heterocycles. The van der Waals surface area contributed by atoms with Gasteiger partial charge in [-0.2, -0.15) is 4.98 Å². The van der Waals surface area contributed by atoms with Crippen LogP contribution in [0.4, 0.5) is 5.82 Å². The number of rotatable bonds is 1. The number of aromatic nitrogens is 2. The molecule has 100 valence electrons. The smallest absolute Gasteiger partial charge is 0.224 e. The Labute approximate surface area is 122 Å². The second-order valence-corrected chi connectivity index (χ2v) is 5.53. The molecule has 3 aromatic rings. The molecule has 0 spiro atoms. The van der Waals surface area contributed by atoms with Gasteiger partial charge in [-0.15, -0.1) is 0 Å². The summed E-state index contributed by atoms with van der Waals surface area (Å²) in [6.07, 6.45) is 2.44. The second-order valence-electron chi connectivity index (χ2n) is 5.19. The Hall–Kier alpha value is -1.87. The zero-order valence-corrected chi connectivity index (χ0v) is 11.8. The summed E-state index contributed by atoms with van der Waals surface area (Å²) in [5, 5.41) is 3.74. The maximum Gasteiger partial charge on any atom is 0.224 e. The van der Waals surface area contributed by atoms with Crippen LogP contribution in [0.15, 0.2) is 36.4 Å². The van der Waals surface area contributed by atoms with Crippen LogP contribution in [0.2, 0.25) is 5.28 Å². The average molecular weight is 284 g/mol. The largest absolute Gasteiger partial charge is 0.356 e. The van der Waals surface area contributed by atoms with Crippen LogP contribution < -0.4 is 4.90 Å². The quantitative estimate of drug-likeness (QED) is 0.499. The Morgan fingerprint density at radius 3 is 2.55 bits per heavy atom. The third kappa shape index (κ3) is 1.81. The number of hydrogen-bond donors (Lipinski definition) is 0. The van der Waals surface area contributed by atoms with E-state index in [1.54, 1.807) is 0 Å². The molecule has 0 N–H and O–H groups in total. The third-order valence-corrected chi connectivity index (χ3v) is 4.12. The highest BCUT2D eigenvalue weighted by molar-refractivity contribution is 6.29. The number of hydrogen-bond acceptors (Lipinski definition) is 3. The fraction of sp³-hybridized carbons (Fsp3) is 0.250. The first-order valence-corrected chi connectivity index (χ1v) is 7.31. The van der Waals surface area contributed by atoms with E-state index in [2.05, 4.69) is 39.1 Å². The molecule has 0 amide bonds. The van der Waals surface area contributed by atoms with Gasteiger partial charge in [0, 0.05) is 23.9 Å². The minimum atomic E-state index is 0.329. The van der Waals surface area contributed by atoms with Crippen molar-refractivity contribution in [2.45, 2.75) is 12.8 Å². The predicted octanol–water partition coefficient (Wildman–Crippen LogP) is 4.04. The Morgan fingerprint density at radius 2 is 1.70 bits per heavy atom. The van der Waals surface area contributed by atoms with Gasteiger partial charge in [0.1, 0.15) is 5.82 Å². The summed E-state index contributed by atoms with van der Waals surface area (Å²) < 4.78 is 0. The van der Waals surface area contributed by atoms with E-state index in [1.165, 1.54) is 18.2 Å². The highest BCUT2D eigenvalue weighted by atomic mass is 35.5. The number of nitrogens with zero attached hydrogens (tertiary/aromatic N) is 3. The summed E-state index contributed by atoms with van der Waals surface area (Å²) in [7, 11) is 0. The molecule has 0 atom stereocenters. The molecular formula is C16H14ClN3. The van der Waals surface area contributed by atoms with Gasteiger partial charge in [-0.25, -0.2) is 4.98 Å². The summed E-state index contributed by atoms with van der Waals surface area (Å²) in [6.45, 7) is 2.10. The lowest BCUT2D eigenvalue weighted by molar-refractivity contribution is 0.940. The molecular weight excluding hydrogens is 270 g/mol. The predicted molar refractivity (Wildman–Crippen MR) is 83.5 cm³/mol. The van der Waals surface area contributed by atoms with Crippen LogP contribution in [0, 0.1) is 0 Å². The van der Waals surface area contributed by atoms with E-state index in [9.17, 15) is 0 Å². The maximum absolute atomic E-state index is 6.15. The van der Waals surface area contributed by atoms with Gasteiger partial charge < -0.3 is 4.90 Å². The first-order chi connectivity index (χ1) is 9.83. The molecule has 1 saturated heterocycles. The number of benzene rings is 2. The summed E-state index contributed by atoms with van der Waals surface area (Å²) in [5.74, 6) is 0.975. The summed E-state index contributed by atoms with van der Waals surface area (Å²) in [5.41, 5.74) is 0.949. The Balaban J connectivity index is 2.07. The van der Waals surface area contributed by atoms with Gasteiger partial charge in [0.25, 0.3) is 0 Å². The van der Waals surface area contributed by atoms with Crippen molar-refractivity contribution in [3.8, 4) is 0 Å². The van der Waals surface area contributed by atoms with Crippen molar-refractivity contribution in [2.75, 3.05) is 18.0 Å². The molecule has 0 saturated carbocycles. The minimum Gasteiger partial charge on any atom is -0.356 e. The Kier molecular flexibility index (Phi) is 2.74. The molecule has 2 heterocycles. The number of anilines is 1. The lowest BCUT2D eigenvalue weighted by Crippen LogP contribution is -2.19. The van der Waals surface area contributed by atoms with Crippen molar-refractivity contribution in [2.24, 2.45) is 0 Å². The molecule has 1 aliphatic rings. The van der Waals surface area contributed by atoms with E-state index < -0.39 is 0 Å². The van der Waals surface area contributed by atoms with Gasteiger partial charge in [-0.1, -0.05) is 30.3 Å². The first-order valence-electron chi connectivity index (χ1n) is 6.93. The van der Waals surface area contributed by atoms with Crippen LogP contribution in [0.3, 0.4) is 0 Å². The van der Waals surface area contributed by atoms with Crippen molar-refractivity contribution in [3.63, 3.8) is 0 Å². The SMILES string of the molecule is Clc1nc(N2CCCC2)c2ccc3ccccc3c2n1. The molecule has 0 unspecified atom stereocenters. The van der Waals surface area contributed by atoms with Gasteiger partial charge in [-0.05, 0) is 35.9 Å². The van der Waals surface area contributed by atoms with Gasteiger partial charge >= 0.3 is 0 Å². The van der Waals surface area contributed by atoms with Gasteiger partial charge in [0.05, 0.1) is 5.52 Å². The maximum atomic E-state index is 6.15. The zero-order valence-electron chi connectivity index (χ0n) is 11.0. The van der Waals surface area contributed by atoms with Crippen molar-refractivity contribution in [3.05, 3.63) is 41.7 Å². The highest BCUT2D eigenvalue weighted by Gasteiger charge is 2.18. The Bertz CT molecular complexity index is 794. The normalized spacial score (nSPS) is 15.3. The van der Waals surface area contributed by atoms with Crippen LogP contribution >= 0.6 is 11.6 Å². The minimum absolute atomic E-state index is 0.329. The molecule has 1 aromatic heterocycles. The van der Waals surface area contributed by atoms with E-state index in [1.807, 2.05) is 12.1 Å². The third-order valence-electron chi connectivity index (χ3n) is 3.95. The van der Waals surface area contributed by atoms with Gasteiger partial charge in [-0.3, -0.25) is 0 Å². The van der Waals surface area contributed by atoms with Gasteiger partial charge in [0.15, 0.2) is 0 Å². The highest BCUT2D eigenvalue weighted by Crippen LogP contribution is 2.32. The first kappa shape index (κ1) is 11.9. The van der Waals surface area contributed by atoms with Crippen LogP contribution in [0.25, 0.3) is 21.7 Å². The lowest BCUT2D eigenvalue weighted by Gasteiger charge is -2.18. The zero-order chi connectivity index (χ0) is 13.5. The monoisotopic (exact) mass is 283 g/mol. The summed E-state index contributed by atoms with van der Waals surface area (Å²) in [4.78, 5) is 11.2. The molecule has 3 nitrogen and oxygen atoms in total. The van der Waals surface area contributed by atoms with Crippen LogP contribution in [-0.2, 0) is 0 Å². The second kappa shape index (κ2) is 4.60. The lowest BCUT2D eigenvalue weighted by atomic mass is 10.1. The number of halogens is 1. The standard InChI is InChI=1S/C16H14ClN3/c17-16-18-14-12-6-2-1-5-11(12)7-8-13(14)15(19-16)20-9-3-4-10-20/h1-2,5-8H,3-4,9-10H2. The molecule has 20 heavy (non-hydrogen) atoms. The fourth-order valence-electron chi connectivity index (χ4n) is 2.99. The van der Waals surface area contributed by atoms with Crippen molar-refractivity contribution >= 4 is 39.1 Å². The molecule has 0 radical (unpaired) electrons. The Morgan fingerprint density at radius 1 is 0.900 bits per heavy atom. The van der Waals surface area contributed by atoms with Crippen LogP contribution in [0.1, 0.15) is 12.8 Å². The van der Waals surface area contributed by atoms with Crippen LogP contribution in [0.5, 0.6) is 0 Å². The van der Waals surface area contributed by atoms with Crippen molar-refractivity contribution < 1.29 is 0 Å². The van der Waals surface area contributed by atoms with E-state index in [-0.39, 0.29) is 0 Å². The van der Waals surface area contributed by atoms with Crippen molar-refractivity contribution in [1.29, 1.82) is 0 Å². The average Bonchev–Trinajstić information content (AvgIpc) is 3.00. The van der Waals surface area contributed by atoms with Crippen molar-refractivity contribution in [1.82, 2.24) is 9.97 Å². The van der Waals surface area contributed by atoms with E-state index in [0.29, 0.717) is 5.28 Å². The van der Waals surface area contributed by atoms with E-state index in [0.717, 1.165) is 35.2 Å². The fourth-order valence-corrected chi connectivity index (χ4v) is 3.16. The summed E-state index contributed by atoms with van der Waals surface area (Å²) >= 11 is 6.15. The van der Waals surface area contributed by atoms with Gasteiger partial charge in [0.2, 0.25) is 5.28 Å². The molecule has 0 bridgehead atoms. The topological polar surface area (TPSA) is 29.0 Å². The molecule has 4 rings (SSSR count). The molecule has 4 heteroatoms. The molecule has 0 aliphatic carbocycles. The number of fused-ring (bicyclic) bond motifs is 3. The van der Waals surface area contributed by atoms with E-state index >= 15 is 0 Å². The molecule has 1 fully saturated rings.